The quantitative estimate of drug-likeness (QED) is 0.913. The molecule has 0 saturated heterocycles. The Bertz CT molecular complexity index is 551. The lowest BCUT2D eigenvalue weighted by atomic mass is 10.0. The summed E-state index contributed by atoms with van der Waals surface area (Å²) in [5.41, 5.74) is 6.47. The summed E-state index contributed by atoms with van der Waals surface area (Å²) in [7, 11) is 0. The molecule has 2 nitrogen and oxygen atoms in total. The molecule has 5 heteroatoms. The van der Waals surface area contributed by atoms with Crippen LogP contribution in [-0.2, 0) is 6.54 Å². The Morgan fingerprint density at radius 2 is 1.67 bits per heavy atom. The third-order valence-electron chi connectivity index (χ3n) is 2.59. The van der Waals surface area contributed by atoms with E-state index in [9.17, 15) is 13.2 Å². The van der Waals surface area contributed by atoms with Crippen molar-refractivity contribution in [2.75, 3.05) is 6.61 Å². The zero-order valence-corrected chi connectivity index (χ0v) is 9.50. The van der Waals surface area contributed by atoms with E-state index in [1.165, 1.54) is 6.07 Å². The van der Waals surface area contributed by atoms with E-state index in [0.717, 1.165) is 10.9 Å². The number of benzene rings is 2. The second-order valence-electron chi connectivity index (χ2n) is 3.88. The van der Waals surface area contributed by atoms with Crippen molar-refractivity contribution in [3.8, 4) is 5.75 Å². The summed E-state index contributed by atoms with van der Waals surface area (Å²) in [5, 5.41) is 1.46. The third kappa shape index (κ3) is 2.73. The van der Waals surface area contributed by atoms with Crippen molar-refractivity contribution in [3.63, 3.8) is 0 Å². The predicted octanol–water partition coefficient (Wildman–Crippen LogP) is 3.24. The Hall–Kier alpha value is -1.75. The molecule has 0 unspecified atom stereocenters. The molecule has 0 bridgehead atoms. The highest BCUT2D eigenvalue weighted by Gasteiger charge is 2.28. The van der Waals surface area contributed by atoms with Crippen LogP contribution >= 0.6 is 0 Å². The van der Waals surface area contributed by atoms with Gasteiger partial charge < -0.3 is 10.5 Å². The highest BCUT2D eigenvalue weighted by molar-refractivity contribution is 5.91. The minimum atomic E-state index is -4.34. The molecular formula is C13H12F3NO. The monoisotopic (exact) mass is 255 g/mol. The molecule has 2 N–H and O–H groups in total. The first-order valence-corrected chi connectivity index (χ1v) is 5.41. The summed E-state index contributed by atoms with van der Waals surface area (Å²) in [5.74, 6) is 0.222. The number of alkyl halides is 3. The van der Waals surface area contributed by atoms with Crippen molar-refractivity contribution in [2.24, 2.45) is 5.73 Å². The summed E-state index contributed by atoms with van der Waals surface area (Å²) in [6.07, 6.45) is -4.34. The van der Waals surface area contributed by atoms with Crippen molar-refractivity contribution >= 4 is 10.8 Å². The van der Waals surface area contributed by atoms with Gasteiger partial charge in [0.1, 0.15) is 5.75 Å². The maximum atomic E-state index is 12.1. The van der Waals surface area contributed by atoms with Crippen LogP contribution in [0, 0.1) is 0 Å². The summed E-state index contributed by atoms with van der Waals surface area (Å²) in [6.45, 7) is -0.959. The van der Waals surface area contributed by atoms with Crippen molar-refractivity contribution in [1.29, 1.82) is 0 Å². The Kier molecular flexibility index (Phi) is 3.43. The van der Waals surface area contributed by atoms with Crippen LogP contribution in [0.2, 0.25) is 0 Å². The van der Waals surface area contributed by atoms with Crippen LogP contribution in [0.3, 0.4) is 0 Å². The highest BCUT2D eigenvalue weighted by atomic mass is 19.4. The van der Waals surface area contributed by atoms with Crippen molar-refractivity contribution in [1.82, 2.24) is 0 Å². The molecule has 2 aromatic carbocycles. The van der Waals surface area contributed by atoms with Gasteiger partial charge in [0.25, 0.3) is 0 Å². The van der Waals surface area contributed by atoms with Crippen LogP contribution in [0.1, 0.15) is 5.56 Å². The summed E-state index contributed by atoms with van der Waals surface area (Å²) in [4.78, 5) is 0. The second kappa shape index (κ2) is 4.86. The molecular weight excluding hydrogens is 243 g/mol. The normalized spacial score (nSPS) is 11.8. The summed E-state index contributed by atoms with van der Waals surface area (Å²) >= 11 is 0. The molecule has 0 fully saturated rings. The zero-order valence-electron chi connectivity index (χ0n) is 9.50. The average Bonchev–Trinajstić information content (AvgIpc) is 2.35. The number of ether oxygens (including phenoxy) is 1. The van der Waals surface area contributed by atoms with Crippen molar-refractivity contribution in [3.05, 3.63) is 42.0 Å². The lowest BCUT2D eigenvalue weighted by molar-refractivity contribution is -0.153. The van der Waals surface area contributed by atoms with Crippen LogP contribution in [-0.4, -0.2) is 12.8 Å². The average molecular weight is 255 g/mol. The fourth-order valence-electron chi connectivity index (χ4n) is 1.80. The Morgan fingerprint density at radius 3 is 2.28 bits per heavy atom. The van der Waals surface area contributed by atoms with Crippen LogP contribution in [0.4, 0.5) is 13.2 Å². The van der Waals surface area contributed by atoms with Gasteiger partial charge in [-0.15, -0.1) is 0 Å². The topological polar surface area (TPSA) is 35.2 Å². The molecule has 0 amide bonds. The first-order valence-electron chi connectivity index (χ1n) is 5.41. The van der Waals surface area contributed by atoms with Gasteiger partial charge >= 0.3 is 6.18 Å². The number of hydrogen-bond donors (Lipinski definition) is 1. The lowest BCUT2D eigenvalue weighted by Crippen LogP contribution is -2.19. The van der Waals surface area contributed by atoms with Gasteiger partial charge in [0.15, 0.2) is 6.61 Å². The predicted molar refractivity (Wildman–Crippen MR) is 63.4 cm³/mol. The van der Waals surface area contributed by atoms with E-state index < -0.39 is 12.8 Å². The fourth-order valence-corrected chi connectivity index (χ4v) is 1.80. The van der Waals surface area contributed by atoms with E-state index in [0.29, 0.717) is 11.9 Å². The minimum Gasteiger partial charge on any atom is -0.483 e. The molecule has 0 aliphatic rings. The molecule has 2 rings (SSSR count). The van der Waals surface area contributed by atoms with E-state index in [-0.39, 0.29) is 5.75 Å². The Morgan fingerprint density at radius 1 is 1.00 bits per heavy atom. The third-order valence-corrected chi connectivity index (χ3v) is 2.59. The summed E-state index contributed by atoms with van der Waals surface area (Å²) < 4.78 is 41.2. The van der Waals surface area contributed by atoms with Crippen LogP contribution in [0.15, 0.2) is 36.4 Å². The molecule has 0 atom stereocenters. The second-order valence-corrected chi connectivity index (χ2v) is 3.88. The van der Waals surface area contributed by atoms with Gasteiger partial charge in [-0.2, -0.15) is 13.2 Å². The van der Waals surface area contributed by atoms with Gasteiger partial charge in [0, 0.05) is 11.9 Å². The molecule has 18 heavy (non-hydrogen) atoms. The highest BCUT2D eigenvalue weighted by Crippen LogP contribution is 2.29. The molecule has 0 aromatic heterocycles. The Labute approximate surface area is 102 Å². The maximum Gasteiger partial charge on any atom is 0.422 e. The standard InChI is InChI=1S/C13H12F3NO/c14-13(15,16)8-18-12-6-5-9(7-17)10-3-1-2-4-11(10)12/h1-6H,7-8,17H2. The molecule has 0 heterocycles. The molecule has 0 saturated carbocycles. The summed E-state index contributed by atoms with van der Waals surface area (Å²) in [6, 6.07) is 10.3. The van der Waals surface area contributed by atoms with E-state index in [4.69, 9.17) is 10.5 Å². The first kappa shape index (κ1) is 12.7. The van der Waals surface area contributed by atoms with Crippen LogP contribution < -0.4 is 10.5 Å². The number of hydrogen-bond acceptors (Lipinski definition) is 2. The van der Waals surface area contributed by atoms with Crippen molar-refractivity contribution in [2.45, 2.75) is 12.7 Å². The van der Waals surface area contributed by atoms with Gasteiger partial charge in [0.05, 0.1) is 0 Å². The molecule has 0 radical (unpaired) electrons. The molecule has 96 valence electrons. The van der Waals surface area contributed by atoms with Gasteiger partial charge in [-0.25, -0.2) is 0 Å². The van der Waals surface area contributed by atoms with Crippen LogP contribution in [0.25, 0.3) is 10.8 Å². The fraction of sp³-hybridized carbons (Fsp3) is 0.231. The number of fused-ring (bicyclic) bond motifs is 1. The van der Waals surface area contributed by atoms with Crippen molar-refractivity contribution < 1.29 is 17.9 Å². The molecule has 0 spiro atoms. The number of halogens is 3. The van der Waals surface area contributed by atoms with Gasteiger partial charge in [-0.05, 0) is 17.0 Å². The lowest BCUT2D eigenvalue weighted by Gasteiger charge is -2.13. The zero-order chi connectivity index (χ0) is 13.2. The minimum absolute atomic E-state index is 0.222. The molecule has 0 aliphatic heterocycles. The largest absolute Gasteiger partial charge is 0.483 e. The van der Waals surface area contributed by atoms with E-state index in [1.54, 1.807) is 18.2 Å². The number of nitrogens with two attached hydrogens (primary N) is 1. The smallest absolute Gasteiger partial charge is 0.422 e. The van der Waals surface area contributed by atoms with Gasteiger partial charge in [-0.3, -0.25) is 0 Å². The Balaban J connectivity index is 2.40. The number of rotatable bonds is 3. The van der Waals surface area contributed by atoms with Gasteiger partial charge in [0.2, 0.25) is 0 Å². The van der Waals surface area contributed by atoms with Crippen LogP contribution in [0.5, 0.6) is 5.75 Å². The SMILES string of the molecule is NCc1ccc(OCC(F)(F)F)c2ccccc12. The molecule has 0 aliphatic carbocycles. The van der Waals surface area contributed by atoms with E-state index in [2.05, 4.69) is 0 Å². The maximum absolute atomic E-state index is 12.1. The van der Waals surface area contributed by atoms with E-state index >= 15 is 0 Å². The molecule has 2 aromatic rings. The van der Waals surface area contributed by atoms with Gasteiger partial charge in [-0.1, -0.05) is 30.3 Å². The first-order chi connectivity index (χ1) is 8.51. The van der Waals surface area contributed by atoms with E-state index in [1.807, 2.05) is 12.1 Å².